The monoisotopic (exact) mass is 194 g/mol. The van der Waals surface area contributed by atoms with Crippen LogP contribution >= 0.6 is 0 Å². The van der Waals surface area contributed by atoms with Crippen LogP contribution in [0.1, 0.15) is 18.5 Å². The van der Waals surface area contributed by atoms with Crippen LogP contribution in [0.4, 0.5) is 0 Å². The standard InChI is InChI=1S/C10H14N2O2/c1-8(12-7-10(13)14-2)9-3-5-11-6-4-9/h3-6,8,12H,7H2,1-2H3. The van der Waals surface area contributed by atoms with Gasteiger partial charge in [-0.3, -0.25) is 9.78 Å². The van der Waals surface area contributed by atoms with Gasteiger partial charge in [-0.1, -0.05) is 0 Å². The molecule has 0 spiro atoms. The molecule has 1 heterocycles. The number of hydrogen-bond acceptors (Lipinski definition) is 4. The molecule has 0 amide bonds. The third-order valence-electron chi connectivity index (χ3n) is 1.99. The van der Waals surface area contributed by atoms with Gasteiger partial charge in [0.25, 0.3) is 0 Å². The summed E-state index contributed by atoms with van der Waals surface area (Å²) in [5.74, 6) is -0.258. The van der Waals surface area contributed by atoms with Gasteiger partial charge in [0.2, 0.25) is 0 Å². The minimum Gasteiger partial charge on any atom is -0.468 e. The van der Waals surface area contributed by atoms with Crippen LogP contribution in [0.2, 0.25) is 0 Å². The van der Waals surface area contributed by atoms with E-state index in [1.807, 2.05) is 19.1 Å². The number of nitrogens with zero attached hydrogens (tertiary/aromatic N) is 1. The number of pyridine rings is 1. The van der Waals surface area contributed by atoms with Gasteiger partial charge < -0.3 is 10.1 Å². The normalized spacial score (nSPS) is 12.1. The second-order valence-electron chi connectivity index (χ2n) is 2.96. The van der Waals surface area contributed by atoms with Crippen LogP contribution in [0.5, 0.6) is 0 Å². The summed E-state index contributed by atoms with van der Waals surface area (Å²) in [7, 11) is 1.38. The van der Waals surface area contributed by atoms with Gasteiger partial charge in [-0.05, 0) is 24.6 Å². The Bertz CT molecular complexity index is 287. The number of nitrogens with one attached hydrogen (secondary N) is 1. The van der Waals surface area contributed by atoms with E-state index in [2.05, 4.69) is 15.0 Å². The van der Waals surface area contributed by atoms with Gasteiger partial charge >= 0.3 is 5.97 Å². The average Bonchev–Trinajstić information content (AvgIpc) is 2.26. The molecule has 4 heteroatoms. The molecule has 76 valence electrons. The highest BCUT2D eigenvalue weighted by atomic mass is 16.5. The van der Waals surface area contributed by atoms with Crippen molar-refractivity contribution >= 4 is 5.97 Å². The van der Waals surface area contributed by atoms with Crippen molar-refractivity contribution in [2.24, 2.45) is 0 Å². The van der Waals surface area contributed by atoms with Crippen molar-refractivity contribution in [3.05, 3.63) is 30.1 Å². The first-order chi connectivity index (χ1) is 6.74. The molecule has 0 saturated heterocycles. The fourth-order valence-corrected chi connectivity index (χ4v) is 1.08. The largest absolute Gasteiger partial charge is 0.468 e. The van der Waals surface area contributed by atoms with Gasteiger partial charge in [0.1, 0.15) is 0 Å². The maximum absolute atomic E-state index is 10.9. The number of rotatable bonds is 4. The molecule has 14 heavy (non-hydrogen) atoms. The molecule has 4 nitrogen and oxygen atoms in total. The number of carbonyl (C=O) groups excluding carboxylic acids is 1. The van der Waals surface area contributed by atoms with Gasteiger partial charge in [-0.25, -0.2) is 0 Å². The summed E-state index contributed by atoms with van der Waals surface area (Å²) in [5, 5.41) is 3.05. The highest BCUT2D eigenvalue weighted by molar-refractivity contribution is 5.71. The zero-order chi connectivity index (χ0) is 10.4. The van der Waals surface area contributed by atoms with Crippen molar-refractivity contribution in [3.8, 4) is 0 Å². The molecule has 1 aromatic heterocycles. The summed E-state index contributed by atoms with van der Waals surface area (Å²) in [5.41, 5.74) is 1.10. The summed E-state index contributed by atoms with van der Waals surface area (Å²) >= 11 is 0. The lowest BCUT2D eigenvalue weighted by atomic mass is 10.1. The lowest BCUT2D eigenvalue weighted by Crippen LogP contribution is -2.26. The van der Waals surface area contributed by atoms with Gasteiger partial charge in [-0.15, -0.1) is 0 Å². The summed E-state index contributed by atoms with van der Waals surface area (Å²) in [4.78, 5) is 14.8. The highest BCUT2D eigenvalue weighted by Crippen LogP contribution is 2.09. The van der Waals surface area contributed by atoms with Crippen LogP contribution in [0.3, 0.4) is 0 Å². The Hall–Kier alpha value is -1.42. The van der Waals surface area contributed by atoms with E-state index in [1.54, 1.807) is 12.4 Å². The van der Waals surface area contributed by atoms with Crippen molar-refractivity contribution in [1.29, 1.82) is 0 Å². The Morgan fingerprint density at radius 3 is 2.79 bits per heavy atom. The third kappa shape index (κ3) is 3.14. The van der Waals surface area contributed by atoms with Gasteiger partial charge in [0, 0.05) is 18.4 Å². The predicted octanol–water partition coefficient (Wildman–Crippen LogP) is 0.905. The van der Waals surface area contributed by atoms with Gasteiger partial charge in [0.15, 0.2) is 0 Å². The maximum Gasteiger partial charge on any atom is 0.319 e. The molecule has 0 aromatic carbocycles. The molecular weight excluding hydrogens is 180 g/mol. The van der Waals surface area contributed by atoms with Crippen molar-refractivity contribution in [2.75, 3.05) is 13.7 Å². The third-order valence-corrected chi connectivity index (χ3v) is 1.99. The number of ether oxygens (including phenoxy) is 1. The number of carbonyl (C=O) groups is 1. The van der Waals surface area contributed by atoms with Crippen LogP contribution in [0, 0.1) is 0 Å². The minimum atomic E-state index is -0.258. The highest BCUT2D eigenvalue weighted by Gasteiger charge is 2.06. The summed E-state index contributed by atoms with van der Waals surface area (Å²) in [6, 6.07) is 3.95. The first-order valence-corrected chi connectivity index (χ1v) is 4.44. The molecule has 0 bridgehead atoms. The molecule has 0 fully saturated rings. The van der Waals surface area contributed by atoms with Crippen molar-refractivity contribution < 1.29 is 9.53 Å². The molecule has 0 aliphatic rings. The Labute approximate surface area is 83.3 Å². The number of esters is 1. The molecule has 1 atom stereocenters. The van der Waals surface area contributed by atoms with E-state index in [-0.39, 0.29) is 18.6 Å². The minimum absolute atomic E-state index is 0.122. The van der Waals surface area contributed by atoms with Crippen LogP contribution in [-0.4, -0.2) is 24.6 Å². The Morgan fingerprint density at radius 2 is 2.21 bits per heavy atom. The molecule has 1 aromatic rings. The zero-order valence-electron chi connectivity index (χ0n) is 8.36. The number of aromatic nitrogens is 1. The van der Waals surface area contributed by atoms with Crippen LogP contribution in [-0.2, 0) is 9.53 Å². The van der Waals surface area contributed by atoms with E-state index < -0.39 is 0 Å². The molecule has 1 unspecified atom stereocenters. The molecule has 1 rings (SSSR count). The van der Waals surface area contributed by atoms with Crippen molar-refractivity contribution in [3.63, 3.8) is 0 Å². The average molecular weight is 194 g/mol. The molecule has 0 saturated carbocycles. The first kappa shape index (κ1) is 10.7. The van der Waals surface area contributed by atoms with E-state index >= 15 is 0 Å². The van der Waals surface area contributed by atoms with Gasteiger partial charge in [0.05, 0.1) is 13.7 Å². The summed E-state index contributed by atoms with van der Waals surface area (Å²) < 4.78 is 4.52. The fourth-order valence-electron chi connectivity index (χ4n) is 1.08. The van der Waals surface area contributed by atoms with Crippen LogP contribution in [0.15, 0.2) is 24.5 Å². The van der Waals surface area contributed by atoms with Gasteiger partial charge in [-0.2, -0.15) is 0 Å². The van der Waals surface area contributed by atoms with E-state index in [1.165, 1.54) is 7.11 Å². The molecule has 1 N–H and O–H groups in total. The second kappa shape index (κ2) is 5.34. The van der Waals surface area contributed by atoms with E-state index in [4.69, 9.17) is 0 Å². The molecule has 0 aliphatic heterocycles. The summed E-state index contributed by atoms with van der Waals surface area (Å²) in [6.07, 6.45) is 3.46. The molecule has 0 radical (unpaired) electrons. The predicted molar refractivity (Wildman–Crippen MR) is 52.7 cm³/mol. The zero-order valence-corrected chi connectivity index (χ0v) is 8.36. The SMILES string of the molecule is COC(=O)CNC(C)c1ccncc1. The van der Waals surface area contributed by atoms with E-state index in [0.717, 1.165) is 5.56 Å². The molecular formula is C10H14N2O2. The van der Waals surface area contributed by atoms with Crippen molar-refractivity contribution in [2.45, 2.75) is 13.0 Å². The maximum atomic E-state index is 10.9. The van der Waals surface area contributed by atoms with E-state index in [0.29, 0.717) is 0 Å². The topological polar surface area (TPSA) is 51.2 Å². The summed E-state index contributed by atoms with van der Waals surface area (Å²) in [6.45, 7) is 2.21. The van der Waals surface area contributed by atoms with Crippen molar-refractivity contribution in [1.82, 2.24) is 10.3 Å². The number of methoxy groups -OCH3 is 1. The lowest BCUT2D eigenvalue weighted by molar-refractivity contribution is -0.139. The lowest BCUT2D eigenvalue weighted by Gasteiger charge is -2.12. The van der Waals surface area contributed by atoms with E-state index in [9.17, 15) is 4.79 Å². The van der Waals surface area contributed by atoms with Crippen LogP contribution in [0.25, 0.3) is 0 Å². The Morgan fingerprint density at radius 1 is 1.57 bits per heavy atom. The van der Waals surface area contributed by atoms with Crippen LogP contribution < -0.4 is 5.32 Å². The fraction of sp³-hybridized carbons (Fsp3) is 0.400. The Balaban J connectivity index is 2.43. The molecule has 0 aliphatic carbocycles. The number of hydrogen-bond donors (Lipinski definition) is 1. The quantitative estimate of drug-likeness (QED) is 0.724. The second-order valence-corrected chi connectivity index (χ2v) is 2.96. The first-order valence-electron chi connectivity index (χ1n) is 4.44. The Kier molecular flexibility index (Phi) is 4.07. The smallest absolute Gasteiger partial charge is 0.319 e.